The first-order chi connectivity index (χ1) is 7.99. The minimum Gasteiger partial charge on any atom is -0.507 e. The highest BCUT2D eigenvalue weighted by Crippen LogP contribution is 2.37. The lowest BCUT2D eigenvalue weighted by Crippen LogP contribution is -2.01. The Hall–Kier alpha value is -1.22. The maximum Gasteiger partial charge on any atom is 0.170 e. The van der Waals surface area contributed by atoms with Gasteiger partial charge in [-0.15, -0.1) is 0 Å². The first kappa shape index (κ1) is 13.8. The summed E-state index contributed by atoms with van der Waals surface area (Å²) in [4.78, 5) is 11.8. The summed E-state index contributed by atoms with van der Waals surface area (Å²) >= 11 is 5.85. The van der Waals surface area contributed by atoms with Gasteiger partial charge in [-0.25, -0.2) is 0 Å². The maximum atomic E-state index is 11.8. The minimum absolute atomic E-state index is 0.0586. The van der Waals surface area contributed by atoms with E-state index in [2.05, 4.69) is 0 Å². The number of benzene rings is 1. The molecule has 1 aromatic rings. The predicted molar refractivity (Wildman–Crippen MR) is 68.0 cm³/mol. The zero-order chi connectivity index (χ0) is 13.0. The number of hydrogen-bond acceptors (Lipinski definition) is 3. The first-order valence-electron chi connectivity index (χ1n) is 5.73. The van der Waals surface area contributed by atoms with Crippen LogP contribution >= 0.6 is 11.6 Å². The summed E-state index contributed by atoms with van der Waals surface area (Å²) in [5.41, 5.74) is 0.489. The second-order valence-corrected chi connectivity index (χ2v) is 4.51. The Morgan fingerprint density at radius 2 is 2.00 bits per heavy atom. The van der Waals surface area contributed by atoms with E-state index in [0.717, 1.165) is 19.3 Å². The Bertz CT molecular complexity index is 427. The minimum atomic E-state index is -0.314. The van der Waals surface area contributed by atoms with Gasteiger partial charge in [-0.1, -0.05) is 31.4 Å². The van der Waals surface area contributed by atoms with Crippen molar-refractivity contribution in [3.8, 4) is 11.5 Å². The summed E-state index contributed by atoms with van der Waals surface area (Å²) < 4.78 is 0. The van der Waals surface area contributed by atoms with Crippen molar-refractivity contribution in [1.29, 1.82) is 0 Å². The van der Waals surface area contributed by atoms with Gasteiger partial charge in [0.25, 0.3) is 0 Å². The number of hydrogen-bond donors (Lipinski definition) is 2. The highest BCUT2D eigenvalue weighted by atomic mass is 35.5. The third-order valence-electron chi connectivity index (χ3n) is 2.69. The second-order valence-electron chi connectivity index (χ2n) is 4.13. The molecule has 0 amide bonds. The van der Waals surface area contributed by atoms with Gasteiger partial charge >= 0.3 is 0 Å². The number of carbonyl (C=O) groups is 1. The molecule has 1 rings (SSSR count). The molecule has 0 atom stereocenters. The van der Waals surface area contributed by atoms with Crippen molar-refractivity contribution < 1.29 is 15.0 Å². The van der Waals surface area contributed by atoms with Gasteiger partial charge in [-0.2, -0.15) is 0 Å². The summed E-state index contributed by atoms with van der Waals surface area (Å²) in [7, 11) is 0. The van der Waals surface area contributed by atoms with E-state index in [4.69, 9.17) is 11.6 Å². The molecule has 0 aliphatic rings. The lowest BCUT2D eigenvalue weighted by Gasteiger charge is -2.09. The number of unbranched alkanes of at least 4 members (excludes halogenated alkanes) is 2. The third kappa shape index (κ3) is 3.13. The average molecular weight is 257 g/mol. The summed E-state index contributed by atoms with van der Waals surface area (Å²) in [6, 6.07) is 1.40. The molecular formula is C13H17ClO3. The molecule has 0 fully saturated rings. The average Bonchev–Trinajstić information content (AvgIpc) is 2.26. The topological polar surface area (TPSA) is 57.5 Å². The van der Waals surface area contributed by atoms with Gasteiger partial charge in [0.2, 0.25) is 0 Å². The zero-order valence-electron chi connectivity index (χ0n) is 10.1. The van der Waals surface area contributed by atoms with Crippen LogP contribution in [0.2, 0.25) is 5.02 Å². The fourth-order valence-corrected chi connectivity index (χ4v) is 1.84. The molecule has 0 aromatic heterocycles. The summed E-state index contributed by atoms with van der Waals surface area (Å²) in [6.07, 6.45) is 3.03. The van der Waals surface area contributed by atoms with Gasteiger partial charge in [0, 0.05) is 6.42 Å². The maximum absolute atomic E-state index is 11.8. The van der Waals surface area contributed by atoms with Crippen molar-refractivity contribution >= 4 is 17.4 Å². The molecule has 1 aromatic carbocycles. The fraction of sp³-hybridized carbons (Fsp3) is 0.462. The number of rotatable bonds is 5. The number of phenolic OH excluding ortho intramolecular Hbond substituents is 2. The molecule has 0 aliphatic heterocycles. The molecule has 17 heavy (non-hydrogen) atoms. The number of phenols is 2. The number of halogens is 1. The van der Waals surface area contributed by atoms with Gasteiger partial charge in [-0.05, 0) is 25.0 Å². The van der Waals surface area contributed by atoms with E-state index in [9.17, 15) is 15.0 Å². The Balaban J connectivity index is 2.97. The van der Waals surface area contributed by atoms with Crippen LogP contribution < -0.4 is 0 Å². The molecule has 0 aliphatic carbocycles. The summed E-state index contributed by atoms with van der Waals surface area (Å²) in [6.45, 7) is 3.70. The van der Waals surface area contributed by atoms with E-state index in [0.29, 0.717) is 12.0 Å². The molecule has 0 bridgehead atoms. The summed E-state index contributed by atoms with van der Waals surface area (Å²) in [5.74, 6) is -0.785. The van der Waals surface area contributed by atoms with Crippen molar-refractivity contribution in [2.45, 2.75) is 39.5 Å². The van der Waals surface area contributed by atoms with Crippen molar-refractivity contribution in [1.82, 2.24) is 0 Å². The number of carbonyl (C=O) groups excluding carboxylic acids is 1. The zero-order valence-corrected chi connectivity index (χ0v) is 10.8. The number of Topliss-reactive ketones (excluding diaryl/α,β-unsaturated/α-hetero) is 1. The fourth-order valence-electron chi connectivity index (χ4n) is 1.69. The van der Waals surface area contributed by atoms with E-state index in [1.54, 1.807) is 6.92 Å². The molecular weight excluding hydrogens is 240 g/mol. The third-order valence-corrected chi connectivity index (χ3v) is 3.16. The Labute approximate surface area is 106 Å². The molecule has 3 nitrogen and oxygen atoms in total. The van der Waals surface area contributed by atoms with Crippen LogP contribution in [0, 0.1) is 6.92 Å². The molecule has 0 saturated heterocycles. The molecule has 0 spiro atoms. The van der Waals surface area contributed by atoms with Crippen LogP contribution in [0.25, 0.3) is 0 Å². The molecule has 0 unspecified atom stereocenters. The van der Waals surface area contributed by atoms with Crippen molar-refractivity contribution in [2.75, 3.05) is 0 Å². The van der Waals surface area contributed by atoms with Gasteiger partial charge in [-0.3, -0.25) is 4.79 Å². The molecule has 0 heterocycles. The van der Waals surface area contributed by atoms with Crippen LogP contribution in [0.1, 0.15) is 48.5 Å². The van der Waals surface area contributed by atoms with Gasteiger partial charge < -0.3 is 10.2 Å². The number of aryl methyl sites for hydroxylation is 1. The van der Waals surface area contributed by atoms with E-state index < -0.39 is 0 Å². The monoisotopic (exact) mass is 256 g/mol. The van der Waals surface area contributed by atoms with E-state index >= 15 is 0 Å². The highest BCUT2D eigenvalue weighted by molar-refractivity contribution is 6.33. The smallest absolute Gasteiger partial charge is 0.170 e. The van der Waals surface area contributed by atoms with Crippen LogP contribution in [0.3, 0.4) is 0 Å². The van der Waals surface area contributed by atoms with Crippen molar-refractivity contribution in [2.24, 2.45) is 0 Å². The Morgan fingerprint density at radius 3 is 2.59 bits per heavy atom. The SMILES string of the molecule is CCCCCC(=O)c1c(O)cc(C)c(Cl)c1O. The number of aromatic hydroxyl groups is 2. The molecule has 94 valence electrons. The quantitative estimate of drug-likeness (QED) is 0.622. The van der Waals surface area contributed by atoms with Crippen LogP contribution in [0.5, 0.6) is 11.5 Å². The molecule has 0 saturated carbocycles. The van der Waals surface area contributed by atoms with Crippen LogP contribution in [0.15, 0.2) is 6.07 Å². The van der Waals surface area contributed by atoms with E-state index in [1.165, 1.54) is 6.07 Å². The Kier molecular flexibility index (Phi) is 4.82. The number of ketones is 1. The van der Waals surface area contributed by atoms with Crippen molar-refractivity contribution in [3.05, 3.63) is 22.2 Å². The predicted octanol–water partition coefficient (Wildman–Crippen LogP) is 3.82. The van der Waals surface area contributed by atoms with E-state index in [-0.39, 0.29) is 27.9 Å². The summed E-state index contributed by atoms with van der Waals surface area (Å²) in [5, 5.41) is 19.6. The largest absolute Gasteiger partial charge is 0.507 e. The normalized spacial score (nSPS) is 10.5. The van der Waals surface area contributed by atoms with Gasteiger partial charge in [0.1, 0.15) is 17.1 Å². The van der Waals surface area contributed by atoms with Crippen LogP contribution in [0.4, 0.5) is 0 Å². The molecule has 0 radical (unpaired) electrons. The van der Waals surface area contributed by atoms with Crippen LogP contribution in [-0.4, -0.2) is 16.0 Å². The molecule has 2 N–H and O–H groups in total. The second kappa shape index (κ2) is 5.92. The van der Waals surface area contributed by atoms with Crippen molar-refractivity contribution in [3.63, 3.8) is 0 Å². The van der Waals surface area contributed by atoms with Gasteiger partial charge in [0.05, 0.1) is 5.02 Å². The lowest BCUT2D eigenvalue weighted by atomic mass is 10.0. The van der Waals surface area contributed by atoms with Gasteiger partial charge in [0.15, 0.2) is 5.78 Å². The molecule has 4 heteroatoms. The highest BCUT2D eigenvalue weighted by Gasteiger charge is 2.20. The first-order valence-corrected chi connectivity index (χ1v) is 6.11. The lowest BCUT2D eigenvalue weighted by molar-refractivity contribution is 0.0974. The van der Waals surface area contributed by atoms with Crippen LogP contribution in [-0.2, 0) is 0 Å². The standard InChI is InChI=1S/C13H17ClO3/c1-3-4-5-6-9(15)11-10(16)7-8(2)12(14)13(11)17/h7,16-17H,3-6H2,1-2H3. The van der Waals surface area contributed by atoms with E-state index in [1.807, 2.05) is 6.92 Å². The Morgan fingerprint density at radius 1 is 1.35 bits per heavy atom.